The van der Waals surface area contributed by atoms with Crippen LogP contribution < -0.4 is 10.5 Å². The van der Waals surface area contributed by atoms with Crippen LogP contribution in [-0.2, 0) is 0 Å². The van der Waals surface area contributed by atoms with Crippen molar-refractivity contribution in [2.75, 3.05) is 25.1 Å². The minimum Gasteiger partial charge on any atom is -0.395 e. The molecular weight excluding hydrogens is 238 g/mol. The molecule has 5 nitrogen and oxygen atoms in total. The van der Waals surface area contributed by atoms with Crippen molar-refractivity contribution in [3.63, 3.8) is 0 Å². The molecule has 0 amide bonds. The van der Waals surface area contributed by atoms with E-state index in [0.29, 0.717) is 16.7 Å². The summed E-state index contributed by atoms with van der Waals surface area (Å²) >= 11 is 3.14. The number of anilines is 1. The smallest absolute Gasteiger partial charge is 0.280 e. The molecule has 1 aromatic rings. The minimum atomic E-state index is -0.276. The minimum absolute atomic E-state index is 0.0374. The monoisotopic (exact) mass is 247 g/mol. The molecule has 1 heterocycles. The highest BCUT2D eigenvalue weighted by Crippen LogP contribution is 2.18. The van der Waals surface area contributed by atoms with Crippen molar-refractivity contribution >= 4 is 21.6 Å². The van der Waals surface area contributed by atoms with Gasteiger partial charge in [0.05, 0.1) is 18.5 Å². The topological polar surface area (TPSA) is 69.2 Å². The normalized spacial score (nSPS) is 10.1. The lowest BCUT2D eigenvalue weighted by molar-refractivity contribution is 0.304. The third kappa shape index (κ3) is 2.28. The van der Waals surface area contributed by atoms with Gasteiger partial charge in [-0.2, -0.15) is 5.10 Å². The Labute approximate surface area is 83.5 Å². The van der Waals surface area contributed by atoms with E-state index in [4.69, 9.17) is 5.11 Å². The Hall–Kier alpha value is -0.880. The molecule has 6 heteroatoms. The number of nitrogens with one attached hydrogen (secondary N) is 1. The molecule has 0 saturated carbocycles. The van der Waals surface area contributed by atoms with Crippen molar-refractivity contribution in [1.82, 2.24) is 10.2 Å². The van der Waals surface area contributed by atoms with Gasteiger partial charge < -0.3 is 10.0 Å². The molecule has 0 bridgehead atoms. The fraction of sp³-hybridized carbons (Fsp3) is 0.429. The Bertz CT molecular complexity index is 339. The molecule has 0 aromatic carbocycles. The van der Waals surface area contributed by atoms with Crippen LogP contribution in [0.2, 0.25) is 0 Å². The first kappa shape index (κ1) is 10.2. The van der Waals surface area contributed by atoms with Gasteiger partial charge in [0.2, 0.25) is 0 Å². The maximum atomic E-state index is 11.1. The Kier molecular flexibility index (Phi) is 3.44. The molecule has 13 heavy (non-hydrogen) atoms. The van der Waals surface area contributed by atoms with Crippen LogP contribution in [0, 0.1) is 0 Å². The molecule has 0 saturated heterocycles. The van der Waals surface area contributed by atoms with Crippen LogP contribution in [0.1, 0.15) is 0 Å². The standard InChI is InChI=1S/C7H10BrN3O2/c1-11(2-3-12)5-4-9-10-7(13)6(5)8/h4,12H,2-3H2,1H3,(H,10,13). The number of aromatic nitrogens is 2. The van der Waals surface area contributed by atoms with E-state index >= 15 is 0 Å². The quantitative estimate of drug-likeness (QED) is 0.787. The van der Waals surface area contributed by atoms with E-state index in [1.807, 2.05) is 0 Å². The van der Waals surface area contributed by atoms with Crippen LogP contribution in [0.25, 0.3) is 0 Å². The van der Waals surface area contributed by atoms with E-state index in [0.717, 1.165) is 0 Å². The van der Waals surface area contributed by atoms with Gasteiger partial charge in [-0.1, -0.05) is 0 Å². The molecule has 0 radical (unpaired) electrons. The number of hydrogen-bond acceptors (Lipinski definition) is 4. The molecule has 1 aromatic heterocycles. The lowest BCUT2D eigenvalue weighted by Crippen LogP contribution is -2.24. The third-order valence-corrected chi connectivity index (χ3v) is 2.39. The summed E-state index contributed by atoms with van der Waals surface area (Å²) in [4.78, 5) is 12.8. The Morgan fingerprint density at radius 2 is 2.46 bits per heavy atom. The number of likely N-dealkylation sites (N-methyl/N-ethyl adjacent to an activating group) is 1. The Morgan fingerprint density at radius 1 is 1.77 bits per heavy atom. The van der Waals surface area contributed by atoms with Gasteiger partial charge in [0.25, 0.3) is 5.56 Å². The van der Waals surface area contributed by atoms with Crippen LogP contribution in [0.5, 0.6) is 0 Å². The second-order valence-corrected chi connectivity index (χ2v) is 3.34. The first-order valence-electron chi connectivity index (χ1n) is 3.72. The van der Waals surface area contributed by atoms with Crippen LogP contribution in [0.4, 0.5) is 5.69 Å². The predicted octanol–water partition coefficient (Wildman–Crippen LogP) is -0.0391. The van der Waals surface area contributed by atoms with Gasteiger partial charge in [0, 0.05) is 13.6 Å². The Balaban J connectivity index is 3.00. The average molecular weight is 248 g/mol. The van der Waals surface area contributed by atoms with Crippen molar-refractivity contribution < 1.29 is 5.11 Å². The van der Waals surface area contributed by atoms with Gasteiger partial charge in [-0.3, -0.25) is 4.79 Å². The SMILES string of the molecule is CN(CCO)c1cn[nH]c(=O)c1Br. The molecule has 0 aliphatic rings. The number of hydrogen-bond donors (Lipinski definition) is 2. The fourth-order valence-electron chi connectivity index (χ4n) is 0.911. The first-order valence-corrected chi connectivity index (χ1v) is 4.51. The number of H-pyrrole nitrogens is 1. The zero-order chi connectivity index (χ0) is 9.84. The van der Waals surface area contributed by atoms with E-state index in [9.17, 15) is 4.79 Å². The highest BCUT2D eigenvalue weighted by molar-refractivity contribution is 9.10. The largest absolute Gasteiger partial charge is 0.395 e. The summed E-state index contributed by atoms with van der Waals surface area (Å²) in [5, 5.41) is 14.6. The van der Waals surface area contributed by atoms with Crippen LogP contribution >= 0.6 is 15.9 Å². The summed E-state index contributed by atoms with van der Waals surface area (Å²) in [6, 6.07) is 0. The van der Waals surface area contributed by atoms with E-state index in [2.05, 4.69) is 26.1 Å². The average Bonchev–Trinajstić information content (AvgIpc) is 2.10. The molecule has 0 unspecified atom stereocenters. The lowest BCUT2D eigenvalue weighted by Gasteiger charge is -2.17. The van der Waals surface area contributed by atoms with Crippen molar-refractivity contribution in [3.8, 4) is 0 Å². The molecule has 2 N–H and O–H groups in total. The van der Waals surface area contributed by atoms with Crippen LogP contribution in [0.15, 0.2) is 15.5 Å². The Morgan fingerprint density at radius 3 is 3.08 bits per heavy atom. The molecule has 0 aliphatic heterocycles. The predicted molar refractivity (Wildman–Crippen MR) is 52.9 cm³/mol. The first-order chi connectivity index (χ1) is 6.16. The molecule has 0 atom stereocenters. The van der Waals surface area contributed by atoms with Crippen molar-refractivity contribution in [1.29, 1.82) is 0 Å². The van der Waals surface area contributed by atoms with Crippen molar-refractivity contribution in [2.45, 2.75) is 0 Å². The molecule has 1 rings (SSSR count). The van der Waals surface area contributed by atoms with Gasteiger partial charge in [0.1, 0.15) is 4.47 Å². The number of aromatic amines is 1. The van der Waals surface area contributed by atoms with Crippen LogP contribution in [0.3, 0.4) is 0 Å². The summed E-state index contributed by atoms with van der Waals surface area (Å²) in [6.07, 6.45) is 1.53. The number of halogens is 1. The van der Waals surface area contributed by atoms with Crippen molar-refractivity contribution in [3.05, 3.63) is 21.0 Å². The maximum absolute atomic E-state index is 11.1. The van der Waals surface area contributed by atoms with Crippen molar-refractivity contribution in [2.24, 2.45) is 0 Å². The summed E-state index contributed by atoms with van der Waals surface area (Å²) in [6.45, 7) is 0.499. The van der Waals surface area contributed by atoms with Gasteiger partial charge in [0.15, 0.2) is 0 Å². The van der Waals surface area contributed by atoms with E-state index < -0.39 is 0 Å². The zero-order valence-electron chi connectivity index (χ0n) is 7.12. The molecule has 0 aliphatic carbocycles. The molecule has 0 spiro atoms. The fourth-order valence-corrected chi connectivity index (χ4v) is 1.40. The summed E-state index contributed by atoms with van der Waals surface area (Å²) < 4.78 is 0.429. The number of aliphatic hydroxyl groups excluding tert-OH is 1. The maximum Gasteiger partial charge on any atom is 0.280 e. The number of aliphatic hydroxyl groups is 1. The van der Waals surface area contributed by atoms with Gasteiger partial charge in [-0.05, 0) is 15.9 Å². The van der Waals surface area contributed by atoms with Crippen LogP contribution in [-0.4, -0.2) is 35.5 Å². The molecular formula is C7H10BrN3O2. The van der Waals surface area contributed by atoms with E-state index in [-0.39, 0.29) is 12.2 Å². The van der Waals surface area contributed by atoms with E-state index in [1.165, 1.54) is 6.20 Å². The number of nitrogens with zero attached hydrogens (tertiary/aromatic N) is 2. The zero-order valence-corrected chi connectivity index (χ0v) is 8.71. The van der Waals surface area contributed by atoms with Gasteiger partial charge >= 0.3 is 0 Å². The molecule has 72 valence electrons. The van der Waals surface area contributed by atoms with Gasteiger partial charge in [-0.25, -0.2) is 5.10 Å². The summed E-state index contributed by atoms with van der Waals surface area (Å²) in [5.74, 6) is 0. The lowest BCUT2D eigenvalue weighted by atomic mass is 10.4. The highest BCUT2D eigenvalue weighted by Gasteiger charge is 2.07. The number of rotatable bonds is 3. The second-order valence-electron chi connectivity index (χ2n) is 2.54. The second kappa shape index (κ2) is 4.38. The summed E-state index contributed by atoms with van der Waals surface area (Å²) in [5.41, 5.74) is 0.389. The van der Waals surface area contributed by atoms with Gasteiger partial charge in [-0.15, -0.1) is 0 Å². The third-order valence-electron chi connectivity index (χ3n) is 1.62. The highest BCUT2D eigenvalue weighted by atomic mass is 79.9. The van der Waals surface area contributed by atoms with E-state index in [1.54, 1.807) is 11.9 Å². The summed E-state index contributed by atoms with van der Waals surface area (Å²) in [7, 11) is 1.78. The molecule has 0 fully saturated rings.